The molecule has 0 radical (unpaired) electrons. The number of pyridine rings is 1. The smallest absolute Gasteiger partial charge is 0.238 e. The summed E-state index contributed by atoms with van der Waals surface area (Å²) in [7, 11) is 0. The van der Waals surface area contributed by atoms with Crippen molar-refractivity contribution in [2.24, 2.45) is 5.73 Å². The Labute approximate surface area is 117 Å². The molecular weight excluding hydrogens is 322 g/mol. The SMILES string of the molecule is NCc1ccnc(Oc2ccc(F)c(Br)c2)c1Cl. The lowest BCUT2D eigenvalue weighted by Crippen LogP contribution is -1.99. The molecule has 0 saturated carbocycles. The Balaban J connectivity index is 2.31. The molecule has 94 valence electrons. The largest absolute Gasteiger partial charge is 0.437 e. The molecule has 18 heavy (non-hydrogen) atoms. The van der Waals surface area contributed by atoms with Crippen LogP contribution in [0.4, 0.5) is 4.39 Å². The number of nitrogens with zero attached hydrogens (tertiary/aromatic N) is 1. The van der Waals surface area contributed by atoms with Crippen LogP contribution in [-0.4, -0.2) is 4.98 Å². The lowest BCUT2D eigenvalue weighted by molar-refractivity contribution is 0.460. The Morgan fingerprint density at radius 2 is 2.17 bits per heavy atom. The highest BCUT2D eigenvalue weighted by molar-refractivity contribution is 9.10. The quantitative estimate of drug-likeness (QED) is 0.928. The Morgan fingerprint density at radius 1 is 1.39 bits per heavy atom. The molecule has 0 aliphatic rings. The van der Waals surface area contributed by atoms with Crippen LogP contribution in [0.15, 0.2) is 34.9 Å². The normalized spacial score (nSPS) is 10.4. The molecule has 2 rings (SSSR count). The van der Waals surface area contributed by atoms with E-state index in [1.165, 1.54) is 18.2 Å². The average Bonchev–Trinajstić information content (AvgIpc) is 2.36. The highest BCUT2D eigenvalue weighted by Gasteiger charge is 2.09. The van der Waals surface area contributed by atoms with E-state index in [2.05, 4.69) is 20.9 Å². The summed E-state index contributed by atoms with van der Waals surface area (Å²) >= 11 is 9.15. The van der Waals surface area contributed by atoms with Gasteiger partial charge >= 0.3 is 0 Å². The van der Waals surface area contributed by atoms with Crippen LogP contribution in [0, 0.1) is 5.82 Å². The van der Waals surface area contributed by atoms with Gasteiger partial charge in [0.05, 0.1) is 4.47 Å². The maximum Gasteiger partial charge on any atom is 0.238 e. The number of benzene rings is 1. The third-order valence-corrected chi connectivity index (χ3v) is 3.27. The van der Waals surface area contributed by atoms with Crippen molar-refractivity contribution in [3.8, 4) is 11.6 Å². The maximum atomic E-state index is 13.1. The maximum absolute atomic E-state index is 13.1. The molecule has 0 aliphatic carbocycles. The highest BCUT2D eigenvalue weighted by atomic mass is 79.9. The Kier molecular flexibility index (Phi) is 4.16. The molecule has 0 spiro atoms. The van der Waals surface area contributed by atoms with Gasteiger partial charge in [-0.05, 0) is 45.8 Å². The summed E-state index contributed by atoms with van der Waals surface area (Å²) in [6, 6.07) is 6.01. The molecule has 0 aliphatic heterocycles. The summed E-state index contributed by atoms with van der Waals surface area (Å²) in [5, 5.41) is 0.362. The summed E-state index contributed by atoms with van der Waals surface area (Å²) < 4.78 is 18.9. The summed E-state index contributed by atoms with van der Waals surface area (Å²) in [5.74, 6) is 0.321. The molecule has 0 fully saturated rings. The van der Waals surface area contributed by atoms with Gasteiger partial charge < -0.3 is 10.5 Å². The second kappa shape index (κ2) is 5.65. The van der Waals surface area contributed by atoms with Crippen LogP contribution in [0.25, 0.3) is 0 Å². The molecule has 1 aromatic heterocycles. The number of ether oxygens (including phenoxy) is 1. The Hall–Kier alpha value is -1.17. The van der Waals surface area contributed by atoms with E-state index in [0.29, 0.717) is 21.8 Å². The van der Waals surface area contributed by atoms with Gasteiger partial charge in [0.15, 0.2) is 0 Å². The van der Waals surface area contributed by atoms with Gasteiger partial charge in [-0.2, -0.15) is 0 Å². The van der Waals surface area contributed by atoms with E-state index in [4.69, 9.17) is 22.1 Å². The molecule has 2 N–H and O–H groups in total. The molecule has 0 unspecified atom stereocenters. The van der Waals surface area contributed by atoms with E-state index in [0.717, 1.165) is 5.56 Å². The van der Waals surface area contributed by atoms with Crippen molar-refractivity contribution >= 4 is 27.5 Å². The van der Waals surface area contributed by atoms with Crippen LogP contribution in [0.5, 0.6) is 11.6 Å². The van der Waals surface area contributed by atoms with Gasteiger partial charge in [0.1, 0.15) is 16.6 Å². The molecular formula is C12H9BrClFN2O. The van der Waals surface area contributed by atoms with Crippen molar-refractivity contribution in [1.29, 1.82) is 0 Å². The van der Waals surface area contributed by atoms with Crippen molar-refractivity contribution in [1.82, 2.24) is 4.98 Å². The average molecular weight is 332 g/mol. The zero-order valence-corrected chi connectivity index (χ0v) is 11.5. The van der Waals surface area contributed by atoms with E-state index >= 15 is 0 Å². The minimum absolute atomic E-state index is 0.248. The van der Waals surface area contributed by atoms with Crippen LogP contribution in [-0.2, 0) is 6.54 Å². The molecule has 3 nitrogen and oxygen atoms in total. The number of aromatic nitrogens is 1. The van der Waals surface area contributed by atoms with E-state index in [9.17, 15) is 4.39 Å². The minimum Gasteiger partial charge on any atom is -0.437 e. The molecule has 0 amide bonds. The third kappa shape index (κ3) is 2.80. The zero-order chi connectivity index (χ0) is 13.1. The van der Waals surface area contributed by atoms with Crippen molar-refractivity contribution in [2.75, 3.05) is 0 Å². The van der Waals surface area contributed by atoms with Crippen LogP contribution in [0.2, 0.25) is 5.02 Å². The summed E-state index contributed by atoms with van der Waals surface area (Å²) in [6.45, 7) is 0.296. The van der Waals surface area contributed by atoms with Crippen molar-refractivity contribution in [2.45, 2.75) is 6.54 Å². The summed E-state index contributed by atoms with van der Waals surface area (Å²) in [5.41, 5.74) is 6.27. The van der Waals surface area contributed by atoms with Crippen molar-refractivity contribution < 1.29 is 9.13 Å². The topological polar surface area (TPSA) is 48.1 Å². The molecule has 2 aromatic rings. The first-order valence-electron chi connectivity index (χ1n) is 5.08. The fourth-order valence-electron chi connectivity index (χ4n) is 1.34. The van der Waals surface area contributed by atoms with Crippen LogP contribution in [0.3, 0.4) is 0 Å². The first-order valence-corrected chi connectivity index (χ1v) is 6.25. The third-order valence-electron chi connectivity index (χ3n) is 2.26. The van der Waals surface area contributed by atoms with Gasteiger partial charge in [-0.15, -0.1) is 0 Å². The van der Waals surface area contributed by atoms with E-state index in [-0.39, 0.29) is 11.7 Å². The van der Waals surface area contributed by atoms with E-state index < -0.39 is 0 Å². The van der Waals surface area contributed by atoms with Gasteiger partial charge in [0.2, 0.25) is 5.88 Å². The standard InChI is InChI=1S/C12H9BrClFN2O/c13-9-5-8(1-2-10(9)15)18-12-11(14)7(6-16)3-4-17-12/h1-5H,6,16H2. The monoisotopic (exact) mass is 330 g/mol. The lowest BCUT2D eigenvalue weighted by Gasteiger charge is -2.09. The Bertz CT molecular complexity index is 580. The van der Waals surface area contributed by atoms with Crippen LogP contribution in [0.1, 0.15) is 5.56 Å². The molecule has 0 saturated heterocycles. The van der Waals surface area contributed by atoms with Crippen molar-refractivity contribution in [3.05, 3.63) is 51.3 Å². The van der Waals surface area contributed by atoms with E-state index in [1.807, 2.05) is 0 Å². The molecule has 1 heterocycles. The Morgan fingerprint density at radius 3 is 2.83 bits per heavy atom. The minimum atomic E-state index is -0.364. The molecule has 1 aromatic carbocycles. The van der Waals surface area contributed by atoms with Crippen molar-refractivity contribution in [3.63, 3.8) is 0 Å². The number of rotatable bonds is 3. The van der Waals surface area contributed by atoms with E-state index in [1.54, 1.807) is 12.3 Å². The number of hydrogen-bond donors (Lipinski definition) is 1. The fourth-order valence-corrected chi connectivity index (χ4v) is 1.93. The molecule has 0 atom stereocenters. The van der Waals surface area contributed by atoms with Gasteiger partial charge in [-0.1, -0.05) is 11.6 Å². The predicted octanol–water partition coefficient (Wildman–Crippen LogP) is 3.89. The number of hydrogen-bond acceptors (Lipinski definition) is 3. The second-order valence-corrected chi connectivity index (χ2v) is 4.70. The van der Waals surface area contributed by atoms with Gasteiger partial charge in [-0.25, -0.2) is 9.37 Å². The summed E-state index contributed by atoms with van der Waals surface area (Å²) in [4.78, 5) is 4.02. The fraction of sp³-hybridized carbons (Fsp3) is 0.0833. The zero-order valence-electron chi connectivity index (χ0n) is 9.16. The number of halogens is 3. The lowest BCUT2D eigenvalue weighted by atomic mass is 10.2. The van der Waals surface area contributed by atoms with Gasteiger partial charge in [0, 0.05) is 12.7 Å². The summed E-state index contributed by atoms with van der Waals surface area (Å²) in [6.07, 6.45) is 1.56. The first kappa shape index (κ1) is 13.3. The number of nitrogens with two attached hydrogens (primary N) is 1. The molecule has 0 bridgehead atoms. The second-order valence-electron chi connectivity index (χ2n) is 3.47. The predicted molar refractivity (Wildman–Crippen MR) is 71.3 cm³/mol. The van der Waals surface area contributed by atoms with Crippen LogP contribution >= 0.6 is 27.5 Å². The van der Waals surface area contributed by atoms with Gasteiger partial charge in [0.25, 0.3) is 0 Å². The molecule has 6 heteroatoms. The van der Waals surface area contributed by atoms with Gasteiger partial charge in [-0.3, -0.25) is 0 Å². The van der Waals surface area contributed by atoms with Crippen LogP contribution < -0.4 is 10.5 Å². The highest BCUT2D eigenvalue weighted by Crippen LogP contribution is 2.31. The first-order chi connectivity index (χ1) is 8.61.